The van der Waals surface area contributed by atoms with Crippen molar-refractivity contribution in [2.45, 2.75) is 60.8 Å². The quantitative estimate of drug-likeness (QED) is 0.791. The summed E-state index contributed by atoms with van der Waals surface area (Å²) < 4.78 is 0. The van der Waals surface area contributed by atoms with Gasteiger partial charge in [-0.3, -0.25) is 0 Å². The van der Waals surface area contributed by atoms with Crippen LogP contribution in [0.25, 0.3) is 0 Å². The Morgan fingerprint density at radius 1 is 0.923 bits per heavy atom. The van der Waals surface area contributed by atoms with Gasteiger partial charge in [0.2, 0.25) is 0 Å². The first kappa shape index (κ1) is 18.3. The van der Waals surface area contributed by atoms with Crippen LogP contribution in [0.4, 0.5) is 5.82 Å². The summed E-state index contributed by atoms with van der Waals surface area (Å²) in [5, 5.41) is 20.2. The van der Waals surface area contributed by atoms with Crippen molar-refractivity contribution in [1.82, 2.24) is 4.98 Å². The molecule has 1 fully saturated rings. The van der Waals surface area contributed by atoms with Gasteiger partial charge in [0.15, 0.2) is 0 Å². The first-order valence-electron chi connectivity index (χ1n) is 9.11. The number of rotatable bonds is 3. The van der Waals surface area contributed by atoms with Crippen LogP contribution in [0.1, 0.15) is 67.6 Å². The Bertz CT molecular complexity index is 841. The number of nitrogens with two attached hydrogens (primary N) is 1. The van der Waals surface area contributed by atoms with Crippen LogP contribution in [-0.2, 0) is 0 Å². The minimum absolute atomic E-state index is 0.208. The number of anilines is 1. The Kier molecular flexibility index (Phi) is 6.15. The summed E-state index contributed by atoms with van der Waals surface area (Å²) in [6.07, 6.45) is 7.97. The highest BCUT2D eigenvalue weighted by Gasteiger charge is 2.26. The van der Waals surface area contributed by atoms with Gasteiger partial charge in [0.05, 0.1) is 11.1 Å². The molecule has 0 spiro atoms. The maximum Gasteiger partial charge on any atom is 0.143 e. The monoisotopic (exact) mass is 362 g/mol. The van der Waals surface area contributed by atoms with Crippen LogP contribution in [0, 0.1) is 22.7 Å². The SMILES string of the molecule is N#Cc1c(N)nc(Sc2ccccc2)c(C#N)c1C1CCCCCCC1. The highest BCUT2D eigenvalue weighted by molar-refractivity contribution is 7.99. The molecule has 2 N–H and O–H groups in total. The molecule has 1 aromatic heterocycles. The number of pyridine rings is 1. The normalized spacial score (nSPS) is 15.5. The van der Waals surface area contributed by atoms with Crippen molar-refractivity contribution >= 4 is 17.6 Å². The summed E-state index contributed by atoms with van der Waals surface area (Å²) in [7, 11) is 0. The second kappa shape index (κ2) is 8.74. The number of aromatic nitrogens is 1. The maximum absolute atomic E-state index is 9.89. The summed E-state index contributed by atoms with van der Waals surface area (Å²) in [5.74, 6) is 0.446. The molecule has 0 bridgehead atoms. The Labute approximate surface area is 159 Å². The summed E-state index contributed by atoms with van der Waals surface area (Å²) in [4.78, 5) is 5.41. The zero-order chi connectivity index (χ0) is 18.4. The minimum atomic E-state index is 0.208. The van der Waals surface area contributed by atoms with E-state index in [-0.39, 0.29) is 11.7 Å². The number of benzene rings is 1. The van der Waals surface area contributed by atoms with Crippen LogP contribution in [0.2, 0.25) is 0 Å². The lowest BCUT2D eigenvalue weighted by atomic mass is 9.82. The molecule has 132 valence electrons. The van der Waals surface area contributed by atoms with E-state index in [1.54, 1.807) is 0 Å². The van der Waals surface area contributed by atoms with Gasteiger partial charge in [-0.05, 0) is 36.5 Å². The van der Waals surface area contributed by atoms with Gasteiger partial charge in [-0.25, -0.2) is 4.98 Å². The van der Waals surface area contributed by atoms with Gasteiger partial charge >= 0.3 is 0 Å². The number of hydrogen-bond acceptors (Lipinski definition) is 5. The van der Waals surface area contributed by atoms with Gasteiger partial charge < -0.3 is 5.73 Å². The molecule has 1 heterocycles. The molecule has 0 unspecified atom stereocenters. The molecule has 1 saturated carbocycles. The van der Waals surface area contributed by atoms with Crippen molar-refractivity contribution < 1.29 is 0 Å². The van der Waals surface area contributed by atoms with E-state index in [0.717, 1.165) is 36.1 Å². The highest BCUT2D eigenvalue weighted by Crippen LogP contribution is 2.40. The van der Waals surface area contributed by atoms with Crippen molar-refractivity contribution in [3.8, 4) is 12.1 Å². The largest absolute Gasteiger partial charge is 0.383 e. The van der Waals surface area contributed by atoms with Gasteiger partial charge in [-0.15, -0.1) is 0 Å². The van der Waals surface area contributed by atoms with Crippen LogP contribution in [0.5, 0.6) is 0 Å². The summed E-state index contributed by atoms with van der Waals surface area (Å²) in [6.45, 7) is 0. The maximum atomic E-state index is 9.89. The molecular formula is C21H22N4S. The van der Waals surface area contributed by atoms with E-state index in [1.807, 2.05) is 30.3 Å². The summed E-state index contributed by atoms with van der Waals surface area (Å²) in [5.41, 5.74) is 7.87. The van der Waals surface area contributed by atoms with Crippen molar-refractivity contribution in [2.75, 3.05) is 5.73 Å². The Hall–Kier alpha value is -2.50. The summed E-state index contributed by atoms with van der Waals surface area (Å²) in [6, 6.07) is 14.4. The first-order chi connectivity index (χ1) is 12.7. The molecule has 4 nitrogen and oxygen atoms in total. The Morgan fingerprint density at radius 3 is 2.15 bits per heavy atom. The number of hydrogen-bond donors (Lipinski definition) is 1. The van der Waals surface area contributed by atoms with Crippen LogP contribution in [0.15, 0.2) is 40.3 Å². The van der Waals surface area contributed by atoms with Crippen LogP contribution in [0.3, 0.4) is 0 Å². The zero-order valence-electron chi connectivity index (χ0n) is 14.7. The predicted molar refractivity (Wildman–Crippen MR) is 104 cm³/mol. The molecule has 1 aromatic carbocycles. The van der Waals surface area contributed by atoms with E-state index in [1.165, 1.54) is 31.0 Å². The van der Waals surface area contributed by atoms with E-state index in [9.17, 15) is 10.5 Å². The molecule has 0 aliphatic heterocycles. The van der Waals surface area contributed by atoms with Crippen LogP contribution in [-0.4, -0.2) is 4.98 Å². The fourth-order valence-electron chi connectivity index (χ4n) is 3.65. The van der Waals surface area contributed by atoms with Gasteiger partial charge in [0.1, 0.15) is 23.0 Å². The molecule has 0 saturated heterocycles. The third-order valence-electron chi connectivity index (χ3n) is 4.93. The van der Waals surface area contributed by atoms with Crippen molar-refractivity contribution in [3.05, 3.63) is 47.0 Å². The molecule has 0 radical (unpaired) electrons. The Morgan fingerprint density at radius 2 is 1.54 bits per heavy atom. The first-order valence-corrected chi connectivity index (χ1v) is 9.92. The van der Waals surface area contributed by atoms with Gasteiger partial charge in [0.25, 0.3) is 0 Å². The molecule has 1 aliphatic carbocycles. The number of nitriles is 2. The highest BCUT2D eigenvalue weighted by atomic mass is 32.2. The molecule has 0 amide bonds. The minimum Gasteiger partial charge on any atom is -0.383 e. The van der Waals surface area contributed by atoms with Crippen molar-refractivity contribution in [2.24, 2.45) is 0 Å². The number of nitrogens with zero attached hydrogens (tertiary/aromatic N) is 3. The number of nitrogen functional groups attached to an aromatic ring is 1. The standard InChI is InChI=1S/C21H22N4S/c22-13-17-19(15-9-5-2-1-3-6-10-15)18(14-23)21(25-20(17)24)26-16-11-7-4-8-12-16/h4,7-8,11-12,15H,1-3,5-6,9-10H2,(H2,24,25). The molecular weight excluding hydrogens is 340 g/mol. The van der Waals surface area contributed by atoms with E-state index in [0.29, 0.717) is 16.2 Å². The van der Waals surface area contributed by atoms with Crippen LogP contribution < -0.4 is 5.73 Å². The average Bonchev–Trinajstić information content (AvgIpc) is 2.62. The molecule has 26 heavy (non-hydrogen) atoms. The Balaban J connectivity index is 2.08. The predicted octanol–water partition coefficient (Wildman–Crippen LogP) is 5.39. The fourth-order valence-corrected chi connectivity index (χ4v) is 4.57. The molecule has 3 rings (SSSR count). The lowest BCUT2D eigenvalue weighted by Crippen LogP contribution is -2.11. The second-order valence-electron chi connectivity index (χ2n) is 6.65. The fraction of sp³-hybridized carbons (Fsp3) is 0.381. The van der Waals surface area contributed by atoms with Gasteiger partial charge in [-0.1, -0.05) is 62.1 Å². The molecule has 2 aromatic rings. The van der Waals surface area contributed by atoms with E-state index >= 15 is 0 Å². The zero-order valence-corrected chi connectivity index (χ0v) is 15.6. The third kappa shape index (κ3) is 4.00. The van der Waals surface area contributed by atoms with E-state index in [4.69, 9.17) is 5.73 Å². The van der Waals surface area contributed by atoms with Crippen LogP contribution >= 0.6 is 11.8 Å². The smallest absolute Gasteiger partial charge is 0.143 e. The second-order valence-corrected chi connectivity index (χ2v) is 7.71. The molecule has 0 atom stereocenters. The van der Waals surface area contributed by atoms with Crippen molar-refractivity contribution in [1.29, 1.82) is 10.5 Å². The molecule has 5 heteroatoms. The van der Waals surface area contributed by atoms with Gasteiger partial charge in [-0.2, -0.15) is 10.5 Å². The van der Waals surface area contributed by atoms with E-state index < -0.39 is 0 Å². The average molecular weight is 363 g/mol. The molecule has 1 aliphatic rings. The third-order valence-corrected chi connectivity index (χ3v) is 5.92. The lowest BCUT2D eigenvalue weighted by molar-refractivity contribution is 0.454. The summed E-state index contributed by atoms with van der Waals surface area (Å²) >= 11 is 1.44. The van der Waals surface area contributed by atoms with Crippen molar-refractivity contribution in [3.63, 3.8) is 0 Å². The lowest BCUT2D eigenvalue weighted by Gasteiger charge is -2.23. The van der Waals surface area contributed by atoms with E-state index in [2.05, 4.69) is 17.1 Å². The van der Waals surface area contributed by atoms with Gasteiger partial charge in [0, 0.05) is 4.90 Å². The topological polar surface area (TPSA) is 86.5 Å².